The lowest BCUT2D eigenvalue weighted by Crippen LogP contribution is -2.14. The molecule has 8 heteroatoms. The highest BCUT2D eigenvalue weighted by Crippen LogP contribution is 2.33. The quantitative estimate of drug-likeness (QED) is 0.715. The van der Waals surface area contributed by atoms with Gasteiger partial charge in [-0.15, -0.1) is 11.8 Å². The number of carbonyl (C=O) groups is 1. The lowest BCUT2D eigenvalue weighted by molar-refractivity contribution is 0.102. The Morgan fingerprint density at radius 2 is 1.92 bits per heavy atom. The fourth-order valence-corrected chi connectivity index (χ4v) is 7.37. The van der Waals surface area contributed by atoms with Crippen molar-refractivity contribution in [2.75, 3.05) is 16.8 Å². The van der Waals surface area contributed by atoms with Crippen molar-refractivity contribution in [1.82, 2.24) is 4.98 Å². The molecule has 0 radical (unpaired) electrons. The van der Waals surface area contributed by atoms with Crippen molar-refractivity contribution < 1.29 is 13.2 Å². The van der Waals surface area contributed by atoms with Crippen LogP contribution in [0.1, 0.15) is 16.8 Å². The predicted molar refractivity (Wildman–Crippen MR) is 107 cm³/mol. The first-order chi connectivity index (χ1) is 12.5. The lowest BCUT2D eigenvalue weighted by atomic mass is 10.2. The van der Waals surface area contributed by atoms with Crippen molar-refractivity contribution >= 4 is 54.2 Å². The maximum Gasteiger partial charge on any atom is 0.258 e. The van der Waals surface area contributed by atoms with Crippen molar-refractivity contribution in [3.05, 3.63) is 54.1 Å². The van der Waals surface area contributed by atoms with Crippen LogP contribution in [0.4, 0.5) is 5.13 Å². The Kier molecular flexibility index (Phi) is 4.73. The summed E-state index contributed by atoms with van der Waals surface area (Å²) in [6, 6.07) is 15.0. The van der Waals surface area contributed by atoms with Gasteiger partial charge in [0.05, 0.1) is 27.3 Å². The second-order valence-electron chi connectivity index (χ2n) is 6.08. The van der Waals surface area contributed by atoms with Crippen molar-refractivity contribution in [2.45, 2.75) is 16.6 Å². The van der Waals surface area contributed by atoms with Crippen LogP contribution < -0.4 is 5.32 Å². The van der Waals surface area contributed by atoms with Crippen LogP contribution in [0.25, 0.3) is 10.2 Å². The summed E-state index contributed by atoms with van der Waals surface area (Å²) in [4.78, 5) is 18.0. The molecule has 1 fully saturated rings. The normalized spacial score (nSPS) is 18.8. The second-order valence-corrected chi connectivity index (χ2v) is 10.7. The molecule has 0 aliphatic carbocycles. The molecule has 0 saturated carbocycles. The zero-order chi connectivity index (χ0) is 18.1. The maximum atomic E-state index is 12.7. The summed E-state index contributed by atoms with van der Waals surface area (Å²) in [7, 11) is -2.94. The molecule has 4 rings (SSSR count). The molecular formula is C18H16N2O3S3. The minimum atomic E-state index is -2.94. The highest BCUT2D eigenvalue weighted by molar-refractivity contribution is 8.02. The lowest BCUT2D eigenvalue weighted by Gasteiger charge is -2.11. The van der Waals surface area contributed by atoms with E-state index in [0.29, 0.717) is 17.1 Å². The Morgan fingerprint density at radius 1 is 1.15 bits per heavy atom. The topological polar surface area (TPSA) is 76.1 Å². The van der Waals surface area contributed by atoms with Gasteiger partial charge >= 0.3 is 0 Å². The molecule has 1 atom stereocenters. The SMILES string of the molecule is O=C(Nc1nc2ccccc2s1)c1ccccc1S[C@H]1CCS(=O)(=O)C1. The molecule has 0 unspecified atom stereocenters. The van der Waals surface area contributed by atoms with Crippen molar-refractivity contribution in [1.29, 1.82) is 0 Å². The summed E-state index contributed by atoms with van der Waals surface area (Å²) in [5.41, 5.74) is 1.40. The van der Waals surface area contributed by atoms with E-state index in [0.717, 1.165) is 15.1 Å². The summed E-state index contributed by atoms with van der Waals surface area (Å²) >= 11 is 2.90. The summed E-state index contributed by atoms with van der Waals surface area (Å²) < 4.78 is 24.4. The molecule has 5 nitrogen and oxygen atoms in total. The van der Waals surface area contributed by atoms with Gasteiger partial charge in [-0.25, -0.2) is 13.4 Å². The molecule has 1 amide bonds. The number of thioether (sulfide) groups is 1. The summed E-state index contributed by atoms with van der Waals surface area (Å²) in [5, 5.41) is 3.42. The number of aromatic nitrogens is 1. The standard InChI is InChI=1S/C18H16N2O3S3/c21-17(20-18-19-14-6-2-4-8-16(14)25-18)13-5-1-3-7-15(13)24-12-9-10-26(22,23)11-12/h1-8,12H,9-11H2,(H,19,20,21)/t12-/m0/s1. The molecule has 1 aliphatic rings. The van der Waals surface area contributed by atoms with Crippen LogP contribution in [0.15, 0.2) is 53.4 Å². The molecule has 1 aromatic heterocycles. The Hall–Kier alpha value is -1.90. The predicted octanol–water partition coefficient (Wildman–Crippen LogP) is 3.83. The number of anilines is 1. The third kappa shape index (κ3) is 3.77. The third-order valence-electron chi connectivity index (χ3n) is 4.13. The number of thiazole rings is 1. The number of sulfone groups is 1. The van der Waals surface area contributed by atoms with Crippen molar-refractivity contribution in [3.63, 3.8) is 0 Å². The summed E-state index contributed by atoms with van der Waals surface area (Å²) in [6.45, 7) is 0. The van der Waals surface area contributed by atoms with E-state index in [1.165, 1.54) is 23.1 Å². The molecule has 26 heavy (non-hydrogen) atoms. The minimum Gasteiger partial charge on any atom is -0.298 e. The van der Waals surface area contributed by atoms with E-state index in [2.05, 4.69) is 10.3 Å². The van der Waals surface area contributed by atoms with E-state index in [1.54, 1.807) is 6.07 Å². The van der Waals surface area contributed by atoms with Crippen LogP contribution in [0, 0.1) is 0 Å². The largest absolute Gasteiger partial charge is 0.298 e. The van der Waals surface area contributed by atoms with Crippen molar-refractivity contribution in [2.24, 2.45) is 0 Å². The first kappa shape index (κ1) is 17.5. The number of nitrogens with one attached hydrogen (secondary N) is 1. The Balaban J connectivity index is 1.54. The number of nitrogens with zero attached hydrogens (tertiary/aromatic N) is 1. The number of hydrogen-bond donors (Lipinski definition) is 1. The average molecular weight is 405 g/mol. The molecule has 0 spiro atoms. The monoisotopic (exact) mass is 404 g/mol. The highest BCUT2D eigenvalue weighted by Gasteiger charge is 2.29. The number of fused-ring (bicyclic) bond motifs is 1. The fraction of sp³-hybridized carbons (Fsp3) is 0.222. The number of hydrogen-bond acceptors (Lipinski definition) is 6. The van der Waals surface area contributed by atoms with E-state index in [4.69, 9.17) is 0 Å². The molecule has 0 bridgehead atoms. The zero-order valence-electron chi connectivity index (χ0n) is 13.7. The van der Waals surface area contributed by atoms with Crippen LogP contribution in [0.2, 0.25) is 0 Å². The molecule has 1 aliphatic heterocycles. The van der Waals surface area contributed by atoms with E-state index in [1.807, 2.05) is 42.5 Å². The molecule has 3 aromatic rings. The molecule has 134 valence electrons. The van der Waals surface area contributed by atoms with E-state index < -0.39 is 9.84 Å². The van der Waals surface area contributed by atoms with Gasteiger partial charge in [-0.3, -0.25) is 10.1 Å². The van der Waals surface area contributed by atoms with Crippen LogP contribution in [0.3, 0.4) is 0 Å². The van der Waals surface area contributed by atoms with Gasteiger partial charge in [-0.1, -0.05) is 35.6 Å². The Morgan fingerprint density at radius 3 is 2.69 bits per heavy atom. The minimum absolute atomic E-state index is 0.00333. The number of rotatable bonds is 4. The van der Waals surface area contributed by atoms with Gasteiger partial charge in [0.15, 0.2) is 15.0 Å². The van der Waals surface area contributed by atoms with E-state index in [-0.39, 0.29) is 22.7 Å². The second kappa shape index (κ2) is 7.02. The Bertz CT molecular complexity index is 1040. The van der Waals surface area contributed by atoms with Gasteiger partial charge in [-0.05, 0) is 30.7 Å². The molecule has 1 saturated heterocycles. The van der Waals surface area contributed by atoms with Gasteiger partial charge in [-0.2, -0.15) is 0 Å². The van der Waals surface area contributed by atoms with Gasteiger partial charge < -0.3 is 0 Å². The van der Waals surface area contributed by atoms with Gasteiger partial charge in [0.2, 0.25) is 0 Å². The first-order valence-corrected chi connectivity index (χ1v) is 11.6. The molecular weight excluding hydrogens is 388 g/mol. The third-order valence-corrected chi connectivity index (χ3v) is 8.41. The van der Waals surface area contributed by atoms with Crippen molar-refractivity contribution in [3.8, 4) is 0 Å². The Labute approximate surface area is 159 Å². The number of para-hydroxylation sites is 1. The smallest absolute Gasteiger partial charge is 0.258 e. The van der Waals surface area contributed by atoms with Crippen LogP contribution >= 0.6 is 23.1 Å². The van der Waals surface area contributed by atoms with E-state index in [9.17, 15) is 13.2 Å². The van der Waals surface area contributed by atoms with Gasteiger partial charge in [0.1, 0.15) is 0 Å². The molecule has 1 N–H and O–H groups in total. The summed E-state index contributed by atoms with van der Waals surface area (Å²) in [6.07, 6.45) is 0.626. The fourth-order valence-electron chi connectivity index (χ4n) is 2.88. The van der Waals surface area contributed by atoms with Crippen LogP contribution in [-0.2, 0) is 9.84 Å². The van der Waals surface area contributed by atoms with Gasteiger partial charge in [0.25, 0.3) is 5.91 Å². The van der Waals surface area contributed by atoms with Crippen LogP contribution in [-0.4, -0.2) is 36.1 Å². The number of benzene rings is 2. The average Bonchev–Trinajstić information content (AvgIpc) is 3.17. The maximum absolute atomic E-state index is 12.7. The highest BCUT2D eigenvalue weighted by atomic mass is 32.2. The van der Waals surface area contributed by atoms with E-state index >= 15 is 0 Å². The van der Waals surface area contributed by atoms with Gasteiger partial charge in [0, 0.05) is 10.1 Å². The first-order valence-electron chi connectivity index (χ1n) is 8.13. The number of amides is 1. The zero-order valence-corrected chi connectivity index (χ0v) is 16.2. The molecule has 2 heterocycles. The molecule has 2 aromatic carbocycles. The summed E-state index contributed by atoms with van der Waals surface area (Å²) in [5.74, 6) is 0.170. The number of carbonyl (C=O) groups excluding carboxylic acids is 1. The van der Waals surface area contributed by atoms with Crippen LogP contribution in [0.5, 0.6) is 0 Å².